The summed E-state index contributed by atoms with van der Waals surface area (Å²) in [6.07, 6.45) is 4.93. The first-order valence-corrected chi connectivity index (χ1v) is 8.45. The smallest absolute Gasteiger partial charge is 0.339 e. The maximum atomic E-state index is 11.2. The summed E-state index contributed by atoms with van der Waals surface area (Å²) in [4.78, 5) is 11.2. The Morgan fingerprint density at radius 1 is 1.00 bits per heavy atom. The second-order valence-electron chi connectivity index (χ2n) is 6.34. The van der Waals surface area contributed by atoms with Gasteiger partial charge < -0.3 is 25.5 Å². The van der Waals surface area contributed by atoms with Crippen molar-refractivity contribution in [1.82, 2.24) is 0 Å². The van der Waals surface area contributed by atoms with Gasteiger partial charge in [0.25, 0.3) is 0 Å². The number of hydrogen-bond acceptors (Lipinski definition) is 5. The number of carbonyl (C=O) groups is 1. The van der Waals surface area contributed by atoms with Crippen molar-refractivity contribution in [1.29, 1.82) is 0 Å². The first-order valence-electron chi connectivity index (χ1n) is 8.45. The van der Waals surface area contributed by atoms with Crippen molar-refractivity contribution in [2.24, 2.45) is 0 Å². The standard InChI is InChI=1S/C18H28O6/c1-12(19)6-5-9-14(20)8-4-2-3-7-13-10-15(21)11-16(22)17(13)18(23)24/h10-12,14,19-22H,2-9H2,1H3,(H,23,24)/t12-,14+/m0/s1. The van der Waals surface area contributed by atoms with Crippen LogP contribution >= 0.6 is 0 Å². The summed E-state index contributed by atoms with van der Waals surface area (Å²) in [7, 11) is 0. The molecule has 0 saturated heterocycles. The highest BCUT2D eigenvalue weighted by Gasteiger charge is 2.16. The fraction of sp³-hybridized carbons (Fsp3) is 0.611. The van der Waals surface area contributed by atoms with Gasteiger partial charge in [0.15, 0.2) is 0 Å². The Morgan fingerprint density at radius 2 is 1.67 bits per heavy atom. The van der Waals surface area contributed by atoms with Gasteiger partial charge in [0.1, 0.15) is 17.1 Å². The molecular weight excluding hydrogens is 312 g/mol. The molecule has 1 rings (SSSR count). The Hall–Kier alpha value is -1.79. The molecule has 136 valence electrons. The minimum Gasteiger partial charge on any atom is -0.508 e. The largest absolute Gasteiger partial charge is 0.508 e. The highest BCUT2D eigenvalue weighted by molar-refractivity contribution is 5.92. The molecule has 0 saturated carbocycles. The third-order valence-corrected chi connectivity index (χ3v) is 4.04. The molecule has 0 aliphatic carbocycles. The molecule has 6 nitrogen and oxygen atoms in total. The van der Waals surface area contributed by atoms with Crippen molar-refractivity contribution >= 4 is 5.97 Å². The van der Waals surface area contributed by atoms with Gasteiger partial charge in [0.2, 0.25) is 0 Å². The summed E-state index contributed by atoms with van der Waals surface area (Å²) in [5.41, 5.74) is 0.253. The zero-order valence-electron chi connectivity index (χ0n) is 14.1. The van der Waals surface area contributed by atoms with Crippen LogP contribution in [-0.2, 0) is 6.42 Å². The summed E-state index contributed by atoms with van der Waals surface area (Å²) in [5.74, 6) is -1.79. The van der Waals surface area contributed by atoms with Gasteiger partial charge in [-0.25, -0.2) is 4.79 Å². The van der Waals surface area contributed by atoms with Crippen molar-refractivity contribution in [3.05, 3.63) is 23.3 Å². The molecule has 0 radical (unpaired) electrons. The Balaban J connectivity index is 2.34. The van der Waals surface area contributed by atoms with Gasteiger partial charge in [-0.15, -0.1) is 0 Å². The Bertz CT molecular complexity index is 526. The SMILES string of the molecule is C[C@H](O)CCC[C@H](O)CCCCCc1cc(O)cc(O)c1C(=O)O. The third kappa shape index (κ3) is 7.19. The molecule has 0 aliphatic rings. The molecule has 5 N–H and O–H groups in total. The van der Waals surface area contributed by atoms with Crippen molar-refractivity contribution in [2.45, 2.75) is 70.5 Å². The molecule has 1 aromatic carbocycles. The van der Waals surface area contributed by atoms with Gasteiger partial charge in [-0.1, -0.05) is 12.8 Å². The number of carboxylic acids is 1. The third-order valence-electron chi connectivity index (χ3n) is 4.04. The first kappa shape index (κ1) is 20.3. The molecule has 24 heavy (non-hydrogen) atoms. The number of hydrogen-bond donors (Lipinski definition) is 5. The van der Waals surface area contributed by atoms with Crippen LogP contribution in [0, 0.1) is 0 Å². The zero-order valence-corrected chi connectivity index (χ0v) is 14.1. The summed E-state index contributed by atoms with van der Waals surface area (Å²) in [5, 5.41) is 47.3. The molecule has 0 spiro atoms. The fourth-order valence-electron chi connectivity index (χ4n) is 2.78. The predicted molar refractivity (Wildman–Crippen MR) is 90.4 cm³/mol. The molecule has 0 unspecified atom stereocenters. The number of phenols is 2. The van der Waals surface area contributed by atoms with E-state index in [9.17, 15) is 20.1 Å². The van der Waals surface area contributed by atoms with Crippen molar-refractivity contribution in [3.63, 3.8) is 0 Å². The second-order valence-corrected chi connectivity index (χ2v) is 6.34. The Kier molecular flexibility index (Phi) is 8.57. The van der Waals surface area contributed by atoms with Crippen LogP contribution in [0.25, 0.3) is 0 Å². The molecule has 0 heterocycles. The molecule has 2 atom stereocenters. The van der Waals surface area contributed by atoms with E-state index in [0.29, 0.717) is 37.7 Å². The number of phenolic OH excluding ortho intramolecular Hbond substituents is 1. The molecular formula is C18H28O6. The number of rotatable bonds is 11. The molecule has 0 aliphatic heterocycles. The van der Waals surface area contributed by atoms with Crippen molar-refractivity contribution in [2.75, 3.05) is 0 Å². The average Bonchev–Trinajstić information content (AvgIpc) is 2.45. The maximum Gasteiger partial charge on any atom is 0.339 e. The first-order chi connectivity index (χ1) is 11.3. The summed E-state index contributed by atoms with van der Waals surface area (Å²) >= 11 is 0. The summed E-state index contributed by atoms with van der Waals surface area (Å²) in [6.45, 7) is 1.73. The summed E-state index contributed by atoms with van der Waals surface area (Å²) in [6, 6.07) is 2.39. The van der Waals surface area contributed by atoms with E-state index in [0.717, 1.165) is 25.3 Å². The number of carboxylic acid groups (broad SMARTS) is 1. The normalized spacial score (nSPS) is 13.6. The number of unbranched alkanes of at least 4 members (excludes halogenated alkanes) is 2. The van der Waals surface area contributed by atoms with Crippen LogP contribution < -0.4 is 0 Å². The molecule has 1 aromatic rings. The van der Waals surface area contributed by atoms with Gasteiger partial charge in [-0.3, -0.25) is 0 Å². The molecule has 0 amide bonds. The van der Waals surface area contributed by atoms with Crippen LogP contribution in [-0.4, -0.2) is 43.7 Å². The lowest BCUT2D eigenvalue weighted by molar-refractivity contribution is 0.0692. The number of aromatic hydroxyl groups is 2. The topological polar surface area (TPSA) is 118 Å². The van der Waals surface area contributed by atoms with E-state index in [1.165, 1.54) is 6.07 Å². The van der Waals surface area contributed by atoms with Crippen molar-refractivity contribution in [3.8, 4) is 11.5 Å². The maximum absolute atomic E-state index is 11.2. The van der Waals surface area contributed by atoms with E-state index in [-0.39, 0.29) is 23.5 Å². The van der Waals surface area contributed by atoms with Crippen LogP contribution in [0.1, 0.15) is 67.8 Å². The lowest BCUT2D eigenvalue weighted by atomic mass is 9.98. The van der Waals surface area contributed by atoms with Crippen molar-refractivity contribution < 1.29 is 30.3 Å². The molecule has 0 aromatic heterocycles. The van der Waals surface area contributed by atoms with Gasteiger partial charge >= 0.3 is 5.97 Å². The Morgan fingerprint density at radius 3 is 2.29 bits per heavy atom. The van der Waals surface area contributed by atoms with E-state index < -0.39 is 11.7 Å². The van der Waals surface area contributed by atoms with Gasteiger partial charge in [-0.2, -0.15) is 0 Å². The fourth-order valence-corrected chi connectivity index (χ4v) is 2.78. The van der Waals surface area contributed by atoms with E-state index in [1.807, 2.05) is 0 Å². The average molecular weight is 340 g/mol. The zero-order chi connectivity index (χ0) is 18.1. The molecule has 0 fully saturated rings. The number of aromatic carboxylic acids is 1. The van der Waals surface area contributed by atoms with Gasteiger partial charge in [0.05, 0.1) is 12.2 Å². The number of aliphatic hydroxyl groups excluding tert-OH is 2. The number of aryl methyl sites for hydroxylation is 1. The predicted octanol–water partition coefficient (Wildman–Crippen LogP) is 2.81. The minimum atomic E-state index is -1.21. The van der Waals surface area contributed by atoms with Crippen LogP contribution in [0.3, 0.4) is 0 Å². The van der Waals surface area contributed by atoms with Gasteiger partial charge in [0, 0.05) is 6.07 Å². The lowest BCUT2D eigenvalue weighted by Crippen LogP contribution is -2.08. The van der Waals surface area contributed by atoms with Crippen LogP contribution in [0.2, 0.25) is 0 Å². The van der Waals surface area contributed by atoms with Gasteiger partial charge in [-0.05, 0) is 57.1 Å². The van der Waals surface area contributed by atoms with Crippen LogP contribution in [0.15, 0.2) is 12.1 Å². The van der Waals surface area contributed by atoms with Crippen LogP contribution in [0.5, 0.6) is 11.5 Å². The van der Waals surface area contributed by atoms with E-state index in [4.69, 9.17) is 10.2 Å². The Labute approximate surface area is 142 Å². The lowest BCUT2D eigenvalue weighted by Gasteiger charge is -2.12. The number of aliphatic hydroxyl groups is 2. The second kappa shape index (κ2) is 10.2. The minimum absolute atomic E-state index is 0.152. The van der Waals surface area contributed by atoms with E-state index in [2.05, 4.69) is 0 Å². The van der Waals surface area contributed by atoms with Crippen LogP contribution in [0.4, 0.5) is 0 Å². The monoisotopic (exact) mass is 340 g/mol. The molecule has 0 bridgehead atoms. The quantitative estimate of drug-likeness (QED) is 0.395. The van der Waals surface area contributed by atoms with E-state index >= 15 is 0 Å². The highest BCUT2D eigenvalue weighted by Crippen LogP contribution is 2.28. The van der Waals surface area contributed by atoms with E-state index in [1.54, 1.807) is 6.92 Å². The highest BCUT2D eigenvalue weighted by atomic mass is 16.4. The molecule has 6 heteroatoms. The summed E-state index contributed by atoms with van der Waals surface area (Å²) < 4.78 is 0. The number of benzene rings is 1.